The Morgan fingerprint density at radius 3 is 2.62 bits per heavy atom. The predicted octanol–water partition coefficient (Wildman–Crippen LogP) is 5.00. The maximum absolute atomic E-state index is 13.7. The number of thiophene rings is 1. The van der Waals surface area contributed by atoms with Gasteiger partial charge in [-0.3, -0.25) is 18.7 Å². The summed E-state index contributed by atoms with van der Waals surface area (Å²) in [5, 5.41) is 3.90. The first-order chi connectivity index (χ1) is 16.4. The van der Waals surface area contributed by atoms with E-state index in [0.717, 1.165) is 41.7 Å². The van der Waals surface area contributed by atoms with Crippen LogP contribution in [0.4, 0.5) is 5.69 Å². The van der Waals surface area contributed by atoms with Crippen LogP contribution in [0.25, 0.3) is 10.2 Å². The summed E-state index contributed by atoms with van der Waals surface area (Å²) < 4.78 is 2.75. The summed E-state index contributed by atoms with van der Waals surface area (Å²) in [6.07, 6.45) is 3.79. The maximum atomic E-state index is 13.7. The van der Waals surface area contributed by atoms with Crippen molar-refractivity contribution in [1.82, 2.24) is 9.13 Å². The number of nitrogens with one attached hydrogen (secondary N) is 1. The molecule has 174 valence electrons. The molecule has 1 aliphatic carbocycles. The third kappa shape index (κ3) is 4.10. The number of benzene rings is 2. The zero-order chi connectivity index (χ0) is 23.8. The van der Waals surface area contributed by atoms with Crippen molar-refractivity contribution < 1.29 is 4.79 Å². The van der Waals surface area contributed by atoms with Crippen molar-refractivity contribution in [2.75, 3.05) is 5.32 Å². The van der Waals surface area contributed by atoms with Gasteiger partial charge in [-0.15, -0.1) is 11.3 Å². The maximum Gasteiger partial charge on any atom is 0.333 e. The molecule has 1 atom stereocenters. The van der Waals surface area contributed by atoms with Crippen molar-refractivity contribution in [2.45, 2.75) is 45.2 Å². The van der Waals surface area contributed by atoms with Crippen LogP contribution in [0.3, 0.4) is 0 Å². The highest BCUT2D eigenvalue weighted by atomic mass is 35.5. The van der Waals surface area contributed by atoms with Gasteiger partial charge in [0, 0.05) is 15.6 Å². The number of fused-ring (bicyclic) bond motifs is 3. The van der Waals surface area contributed by atoms with E-state index in [0.29, 0.717) is 20.9 Å². The molecular formula is C26H24ClN3O3S. The standard InChI is InChI=1S/C26H24ClN3O3S/c1-16(17-8-3-2-4-9-17)30-24(32)23-20-12-5-6-13-21(20)34-25(23)29(26(30)33)15-22(31)28-19-11-7-10-18(27)14-19/h2-4,7-11,14,16H,5-6,12-13,15H2,1H3,(H,28,31). The Hall–Kier alpha value is -3.16. The predicted molar refractivity (Wildman–Crippen MR) is 137 cm³/mol. The van der Waals surface area contributed by atoms with Crippen LogP contribution in [-0.2, 0) is 24.2 Å². The van der Waals surface area contributed by atoms with Gasteiger partial charge in [0.25, 0.3) is 5.56 Å². The van der Waals surface area contributed by atoms with Crippen molar-refractivity contribution in [3.63, 3.8) is 0 Å². The minimum atomic E-state index is -0.478. The highest BCUT2D eigenvalue weighted by Gasteiger charge is 2.26. The van der Waals surface area contributed by atoms with Crippen molar-refractivity contribution in [2.24, 2.45) is 0 Å². The van der Waals surface area contributed by atoms with Gasteiger partial charge in [-0.25, -0.2) is 4.79 Å². The molecule has 4 aromatic rings. The quantitative estimate of drug-likeness (QED) is 0.425. The Labute approximate surface area is 205 Å². The number of hydrogen-bond acceptors (Lipinski definition) is 4. The van der Waals surface area contributed by atoms with E-state index in [4.69, 9.17) is 11.6 Å². The Kier molecular flexibility index (Phi) is 6.15. The van der Waals surface area contributed by atoms with E-state index in [9.17, 15) is 14.4 Å². The molecule has 0 radical (unpaired) electrons. The van der Waals surface area contributed by atoms with Crippen LogP contribution in [0, 0.1) is 0 Å². The number of carbonyl (C=O) groups is 1. The number of carbonyl (C=O) groups excluding carboxylic acids is 1. The van der Waals surface area contributed by atoms with Crippen LogP contribution in [0.1, 0.15) is 41.8 Å². The Morgan fingerprint density at radius 2 is 1.85 bits per heavy atom. The molecule has 5 rings (SSSR count). The number of nitrogens with zero attached hydrogens (tertiary/aromatic N) is 2. The van der Waals surface area contributed by atoms with E-state index in [1.807, 2.05) is 37.3 Å². The molecule has 8 heteroatoms. The Balaban J connectivity index is 1.65. The van der Waals surface area contributed by atoms with E-state index in [1.165, 1.54) is 20.5 Å². The van der Waals surface area contributed by atoms with Crippen LogP contribution in [0.15, 0.2) is 64.2 Å². The zero-order valence-corrected chi connectivity index (χ0v) is 20.3. The minimum Gasteiger partial charge on any atom is -0.324 e. The number of aromatic nitrogens is 2. The van der Waals surface area contributed by atoms with E-state index < -0.39 is 11.7 Å². The molecule has 1 N–H and O–H groups in total. The highest BCUT2D eigenvalue weighted by Crippen LogP contribution is 2.34. The second-order valence-electron chi connectivity index (χ2n) is 8.58. The summed E-state index contributed by atoms with van der Waals surface area (Å²) in [5.41, 5.74) is 1.70. The fraction of sp³-hybridized carbons (Fsp3) is 0.269. The van der Waals surface area contributed by atoms with Crippen molar-refractivity contribution >= 4 is 44.7 Å². The van der Waals surface area contributed by atoms with Gasteiger partial charge < -0.3 is 5.32 Å². The molecule has 1 aliphatic rings. The molecule has 0 spiro atoms. The van der Waals surface area contributed by atoms with Crippen LogP contribution >= 0.6 is 22.9 Å². The average Bonchev–Trinajstić information content (AvgIpc) is 3.22. The van der Waals surface area contributed by atoms with Gasteiger partial charge in [-0.05, 0) is 61.9 Å². The SMILES string of the molecule is CC(c1ccccc1)n1c(=O)c2c3c(sc2n(CC(=O)Nc2cccc(Cl)c2)c1=O)CCCC3. The zero-order valence-electron chi connectivity index (χ0n) is 18.7. The second kappa shape index (κ2) is 9.24. The summed E-state index contributed by atoms with van der Waals surface area (Å²) in [5.74, 6) is -0.352. The lowest BCUT2D eigenvalue weighted by Crippen LogP contribution is -2.43. The molecule has 0 aliphatic heterocycles. The molecule has 2 aromatic heterocycles. The van der Waals surface area contributed by atoms with Gasteiger partial charge in [0.15, 0.2) is 0 Å². The second-order valence-corrected chi connectivity index (χ2v) is 10.1. The summed E-state index contributed by atoms with van der Waals surface area (Å²) in [6, 6.07) is 15.9. The van der Waals surface area contributed by atoms with Crippen LogP contribution < -0.4 is 16.6 Å². The summed E-state index contributed by atoms with van der Waals surface area (Å²) in [4.78, 5) is 42.1. The molecule has 0 bridgehead atoms. The van der Waals surface area contributed by atoms with Crippen LogP contribution in [-0.4, -0.2) is 15.0 Å². The van der Waals surface area contributed by atoms with E-state index in [1.54, 1.807) is 24.3 Å². The van der Waals surface area contributed by atoms with E-state index in [2.05, 4.69) is 5.32 Å². The number of hydrogen-bond donors (Lipinski definition) is 1. The van der Waals surface area contributed by atoms with Gasteiger partial charge in [-0.2, -0.15) is 0 Å². The lowest BCUT2D eigenvalue weighted by Gasteiger charge is -2.18. The molecule has 1 amide bonds. The molecule has 2 aromatic carbocycles. The first-order valence-corrected chi connectivity index (χ1v) is 12.5. The van der Waals surface area contributed by atoms with Gasteiger partial charge in [0.05, 0.1) is 11.4 Å². The van der Waals surface area contributed by atoms with Crippen LogP contribution in [0.2, 0.25) is 5.02 Å². The molecule has 34 heavy (non-hydrogen) atoms. The number of aryl methyl sites for hydroxylation is 2. The molecule has 2 heterocycles. The number of anilines is 1. The first kappa shape index (κ1) is 22.6. The average molecular weight is 494 g/mol. The molecule has 0 saturated carbocycles. The largest absolute Gasteiger partial charge is 0.333 e. The lowest BCUT2D eigenvalue weighted by molar-refractivity contribution is -0.116. The number of halogens is 1. The first-order valence-electron chi connectivity index (χ1n) is 11.3. The fourth-order valence-corrected chi connectivity index (χ4v) is 6.22. The number of rotatable bonds is 5. The van der Waals surface area contributed by atoms with Gasteiger partial charge >= 0.3 is 5.69 Å². The highest BCUT2D eigenvalue weighted by molar-refractivity contribution is 7.18. The van der Waals surface area contributed by atoms with Gasteiger partial charge in [0.2, 0.25) is 5.91 Å². The lowest BCUT2D eigenvalue weighted by atomic mass is 9.97. The normalized spacial score (nSPS) is 14.1. The molecule has 1 unspecified atom stereocenters. The topological polar surface area (TPSA) is 73.1 Å². The fourth-order valence-electron chi connectivity index (χ4n) is 4.66. The summed E-state index contributed by atoms with van der Waals surface area (Å²) in [7, 11) is 0. The summed E-state index contributed by atoms with van der Waals surface area (Å²) in [6.45, 7) is 1.65. The van der Waals surface area contributed by atoms with E-state index >= 15 is 0 Å². The minimum absolute atomic E-state index is 0.191. The molecule has 0 fully saturated rings. The monoisotopic (exact) mass is 493 g/mol. The van der Waals surface area contributed by atoms with Crippen molar-refractivity contribution in [1.29, 1.82) is 0 Å². The van der Waals surface area contributed by atoms with Crippen LogP contribution in [0.5, 0.6) is 0 Å². The van der Waals surface area contributed by atoms with E-state index in [-0.39, 0.29) is 18.0 Å². The Morgan fingerprint density at radius 1 is 1.09 bits per heavy atom. The summed E-state index contributed by atoms with van der Waals surface area (Å²) >= 11 is 7.51. The third-order valence-electron chi connectivity index (χ3n) is 6.35. The molecule has 6 nitrogen and oxygen atoms in total. The van der Waals surface area contributed by atoms with Gasteiger partial charge in [-0.1, -0.05) is 48.0 Å². The van der Waals surface area contributed by atoms with Gasteiger partial charge in [0.1, 0.15) is 11.4 Å². The third-order valence-corrected chi connectivity index (χ3v) is 7.90. The Bertz CT molecular complexity index is 1500. The smallest absolute Gasteiger partial charge is 0.324 e. The van der Waals surface area contributed by atoms with Crippen molar-refractivity contribution in [3.8, 4) is 0 Å². The molecular weight excluding hydrogens is 470 g/mol. The molecule has 0 saturated heterocycles. The van der Waals surface area contributed by atoms with Crippen molar-refractivity contribution in [3.05, 3.63) is 96.5 Å². The number of amides is 1.